The van der Waals surface area contributed by atoms with Gasteiger partial charge in [-0.3, -0.25) is 4.90 Å². The third-order valence-electron chi connectivity index (χ3n) is 2.14. The standard InChI is InChI=1S/C10H21I2N/c1-3-9-13(4-2)10(12)7-5-6-8-11/h10H,3-9H2,1-2H3. The van der Waals surface area contributed by atoms with Crippen LogP contribution in [0.5, 0.6) is 0 Å². The van der Waals surface area contributed by atoms with Crippen molar-refractivity contribution in [1.29, 1.82) is 0 Å². The molecule has 0 amide bonds. The predicted octanol–water partition coefficient (Wildman–Crippen LogP) is 4.08. The van der Waals surface area contributed by atoms with Gasteiger partial charge in [0.25, 0.3) is 0 Å². The van der Waals surface area contributed by atoms with Gasteiger partial charge < -0.3 is 0 Å². The Hall–Kier alpha value is 1.42. The highest BCUT2D eigenvalue weighted by molar-refractivity contribution is 14.1. The summed E-state index contributed by atoms with van der Waals surface area (Å²) in [7, 11) is 0. The SMILES string of the molecule is CCCN(CC)C(I)CCCCI. The predicted molar refractivity (Wildman–Crippen MR) is 78.1 cm³/mol. The summed E-state index contributed by atoms with van der Waals surface area (Å²) in [6.45, 7) is 6.98. The molecule has 1 unspecified atom stereocenters. The van der Waals surface area contributed by atoms with Crippen molar-refractivity contribution in [2.24, 2.45) is 0 Å². The molecule has 0 aliphatic rings. The van der Waals surface area contributed by atoms with E-state index in [1.807, 2.05) is 0 Å². The van der Waals surface area contributed by atoms with Gasteiger partial charge in [-0.15, -0.1) is 0 Å². The van der Waals surface area contributed by atoms with Crippen LogP contribution >= 0.6 is 45.2 Å². The lowest BCUT2D eigenvalue weighted by atomic mass is 10.2. The van der Waals surface area contributed by atoms with Crippen LogP contribution in [-0.2, 0) is 0 Å². The Kier molecular flexibility index (Phi) is 11.0. The van der Waals surface area contributed by atoms with Gasteiger partial charge in [0, 0.05) is 0 Å². The van der Waals surface area contributed by atoms with Crippen LogP contribution in [0.2, 0.25) is 0 Å². The second-order valence-corrected chi connectivity index (χ2v) is 5.76. The number of rotatable bonds is 8. The van der Waals surface area contributed by atoms with Crippen LogP contribution < -0.4 is 0 Å². The topological polar surface area (TPSA) is 3.24 Å². The largest absolute Gasteiger partial charge is 0.292 e. The maximum absolute atomic E-state index is 2.59. The summed E-state index contributed by atoms with van der Waals surface area (Å²) in [5.41, 5.74) is 0. The Morgan fingerprint density at radius 2 is 1.92 bits per heavy atom. The highest BCUT2D eigenvalue weighted by atomic mass is 127. The van der Waals surface area contributed by atoms with E-state index < -0.39 is 0 Å². The highest BCUT2D eigenvalue weighted by Crippen LogP contribution is 2.16. The number of unbranched alkanes of at least 4 members (excludes halogenated alkanes) is 1. The van der Waals surface area contributed by atoms with E-state index in [1.165, 1.54) is 43.2 Å². The number of halogens is 2. The second-order valence-electron chi connectivity index (χ2n) is 3.25. The Morgan fingerprint density at radius 1 is 1.23 bits per heavy atom. The highest BCUT2D eigenvalue weighted by Gasteiger charge is 2.11. The summed E-state index contributed by atoms with van der Waals surface area (Å²) in [5.74, 6) is 0. The lowest BCUT2D eigenvalue weighted by Crippen LogP contribution is -2.31. The Balaban J connectivity index is 3.57. The minimum atomic E-state index is 0.755. The van der Waals surface area contributed by atoms with Gasteiger partial charge in [0.2, 0.25) is 0 Å². The molecule has 0 aromatic heterocycles. The lowest BCUT2D eigenvalue weighted by Gasteiger charge is -2.25. The molecule has 0 rings (SSSR count). The van der Waals surface area contributed by atoms with Crippen LogP contribution in [-0.4, -0.2) is 26.5 Å². The zero-order valence-corrected chi connectivity index (χ0v) is 13.0. The zero-order chi connectivity index (χ0) is 10.1. The molecule has 0 heterocycles. The van der Waals surface area contributed by atoms with E-state index in [0.29, 0.717) is 0 Å². The van der Waals surface area contributed by atoms with Crippen molar-refractivity contribution in [1.82, 2.24) is 4.90 Å². The maximum atomic E-state index is 2.59. The summed E-state index contributed by atoms with van der Waals surface area (Å²) in [6.07, 6.45) is 5.40. The summed E-state index contributed by atoms with van der Waals surface area (Å²) in [5, 5.41) is 0. The molecule has 3 heteroatoms. The summed E-state index contributed by atoms with van der Waals surface area (Å²) in [4.78, 5) is 2.58. The van der Waals surface area contributed by atoms with Crippen molar-refractivity contribution in [3.63, 3.8) is 0 Å². The third-order valence-corrected chi connectivity index (χ3v) is 4.31. The van der Waals surface area contributed by atoms with Gasteiger partial charge in [-0.05, 0) is 36.8 Å². The molecule has 0 radical (unpaired) electrons. The number of hydrogen-bond acceptors (Lipinski definition) is 1. The fourth-order valence-corrected chi connectivity index (χ4v) is 3.03. The molecule has 1 nitrogen and oxygen atoms in total. The van der Waals surface area contributed by atoms with Crippen LogP contribution in [0.15, 0.2) is 0 Å². The second kappa shape index (κ2) is 9.96. The van der Waals surface area contributed by atoms with E-state index in [9.17, 15) is 0 Å². The molecule has 0 saturated heterocycles. The summed E-state index contributed by atoms with van der Waals surface area (Å²) >= 11 is 5.05. The first kappa shape index (κ1) is 14.4. The first-order valence-electron chi connectivity index (χ1n) is 5.20. The minimum absolute atomic E-state index is 0.755. The molecule has 0 aromatic rings. The fourth-order valence-electron chi connectivity index (χ4n) is 1.37. The van der Waals surface area contributed by atoms with Gasteiger partial charge in [0.05, 0.1) is 4.05 Å². The Bertz CT molecular complexity index is 109. The van der Waals surface area contributed by atoms with Crippen molar-refractivity contribution in [3.8, 4) is 0 Å². The van der Waals surface area contributed by atoms with Gasteiger partial charge in [0.15, 0.2) is 0 Å². The molecular weight excluding hydrogens is 388 g/mol. The van der Waals surface area contributed by atoms with Crippen LogP contribution in [0.25, 0.3) is 0 Å². The Labute approximate surface area is 110 Å². The quantitative estimate of drug-likeness (QED) is 0.253. The minimum Gasteiger partial charge on any atom is -0.292 e. The van der Waals surface area contributed by atoms with Gasteiger partial charge in [-0.2, -0.15) is 0 Å². The fraction of sp³-hybridized carbons (Fsp3) is 1.00. The first-order chi connectivity index (χ1) is 6.26. The summed E-state index contributed by atoms with van der Waals surface area (Å²) < 4.78 is 2.06. The molecule has 0 aliphatic heterocycles. The lowest BCUT2D eigenvalue weighted by molar-refractivity contribution is 0.269. The molecule has 0 bridgehead atoms. The van der Waals surface area contributed by atoms with Gasteiger partial charge >= 0.3 is 0 Å². The van der Waals surface area contributed by atoms with Gasteiger partial charge in [0.1, 0.15) is 0 Å². The van der Waals surface area contributed by atoms with Crippen molar-refractivity contribution in [2.75, 3.05) is 17.5 Å². The number of hydrogen-bond donors (Lipinski definition) is 0. The van der Waals surface area contributed by atoms with E-state index in [0.717, 1.165) is 4.05 Å². The molecule has 0 spiro atoms. The van der Waals surface area contributed by atoms with Crippen LogP contribution in [0.4, 0.5) is 0 Å². The molecule has 80 valence electrons. The van der Waals surface area contributed by atoms with E-state index in [-0.39, 0.29) is 0 Å². The summed E-state index contributed by atoms with van der Waals surface area (Å²) in [6, 6.07) is 0. The maximum Gasteiger partial charge on any atom is 0.0618 e. The third kappa shape index (κ3) is 7.36. The van der Waals surface area contributed by atoms with E-state index in [1.54, 1.807) is 0 Å². The van der Waals surface area contributed by atoms with E-state index >= 15 is 0 Å². The molecule has 13 heavy (non-hydrogen) atoms. The van der Waals surface area contributed by atoms with Crippen LogP contribution in [0, 0.1) is 0 Å². The van der Waals surface area contributed by atoms with Gasteiger partial charge in [-0.1, -0.05) is 65.5 Å². The molecule has 0 saturated carbocycles. The van der Waals surface area contributed by atoms with Crippen molar-refractivity contribution < 1.29 is 0 Å². The normalized spacial score (nSPS) is 13.6. The van der Waals surface area contributed by atoms with E-state index in [2.05, 4.69) is 63.9 Å². The molecule has 1 atom stereocenters. The Morgan fingerprint density at radius 3 is 2.38 bits per heavy atom. The van der Waals surface area contributed by atoms with Gasteiger partial charge in [-0.25, -0.2) is 0 Å². The molecule has 0 aliphatic carbocycles. The molecular formula is C10H21I2N. The number of nitrogens with zero attached hydrogens (tertiary/aromatic N) is 1. The number of alkyl halides is 2. The molecule has 0 fully saturated rings. The zero-order valence-electron chi connectivity index (χ0n) is 8.73. The average Bonchev–Trinajstić information content (AvgIpc) is 2.14. The smallest absolute Gasteiger partial charge is 0.0618 e. The monoisotopic (exact) mass is 409 g/mol. The molecule has 0 aromatic carbocycles. The van der Waals surface area contributed by atoms with Crippen molar-refractivity contribution in [3.05, 3.63) is 0 Å². The van der Waals surface area contributed by atoms with Crippen LogP contribution in [0.3, 0.4) is 0 Å². The van der Waals surface area contributed by atoms with Crippen LogP contribution in [0.1, 0.15) is 39.5 Å². The van der Waals surface area contributed by atoms with Crippen molar-refractivity contribution >= 4 is 45.2 Å². The van der Waals surface area contributed by atoms with Crippen molar-refractivity contribution in [2.45, 2.75) is 43.6 Å². The first-order valence-corrected chi connectivity index (χ1v) is 7.97. The van der Waals surface area contributed by atoms with E-state index in [4.69, 9.17) is 0 Å². The average molecular weight is 409 g/mol. The molecule has 0 N–H and O–H groups in total.